The average molecular weight is 355 g/mol. The number of nitrogens with one attached hydrogen (secondary N) is 1. The fraction of sp³-hybridized carbons (Fsp3) is 0.500. The van der Waals surface area contributed by atoms with Gasteiger partial charge >= 0.3 is 0 Å². The first-order valence-electron chi connectivity index (χ1n) is 9.45. The molecule has 6 nitrogen and oxygen atoms in total. The number of carbonyl (C=O) groups is 1. The Kier molecular flexibility index (Phi) is 6.15. The van der Waals surface area contributed by atoms with E-state index in [1.54, 1.807) is 6.92 Å². The molecular weight excluding hydrogens is 326 g/mol. The summed E-state index contributed by atoms with van der Waals surface area (Å²) in [4.78, 5) is 22.8. The Hall–Kier alpha value is -2.50. The number of aliphatic imine (C=N–C) groups is 1. The van der Waals surface area contributed by atoms with Crippen LogP contribution in [0.3, 0.4) is 0 Å². The number of hydrogen-bond donors (Lipinski definition) is 1. The summed E-state index contributed by atoms with van der Waals surface area (Å²) in [7, 11) is 0. The van der Waals surface area contributed by atoms with Crippen LogP contribution in [0.15, 0.2) is 41.4 Å². The van der Waals surface area contributed by atoms with Crippen molar-refractivity contribution in [1.29, 1.82) is 0 Å². The number of amides is 1. The van der Waals surface area contributed by atoms with Crippen molar-refractivity contribution < 1.29 is 4.79 Å². The van der Waals surface area contributed by atoms with Crippen LogP contribution in [0.4, 0.5) is 5.69 Å². The van der Waals surface area contributed by atoms with Crippen LogP contribution in [0.5, 0.6) is 0 Å². The molecule has 26 heavy (non-hydrogen) atoms. The first-order valence-corrected chi connectivity index (χ1v) is 9.45. The molecule has 1 saturated heterocycles. The van der Waals surface area contributed by atoms with Gasteiger partial charge in [0.1, 0.15) is 0 Å². The number of guanidine groups is 1. The second-order valence-electron chi connectivity index (χ2n) is 6.71. The average Bonchev–Trinajstić information content (AvgIpc) is 3.20. The third-order valence-electron chi connectivity index (χ3n) is 4.86. The van der Waals surface area contributed by atoms with Gasteiger partial charge in [0, 0.05) is 58.4 Å². The van der Waals surface area contributed by atoms with E-state index in [9.17, 15) is 4.79 Å². The highest BCUT2D eigenvalue weighted by Crippen LogP contribution is 2.19. The summed E-state index contributed by atoms with van der Waals surface area (Å²) in [6, 6.07) is 8.63. The third-order valence-corrected chi connectivity index (χ3v) is 4.86. The van der Waals surface area contributed by atoms with E-state index < -0.39 is 0 Å². The van der Waals surface area contributed by atoms with E-state index in [2.05, 4.69) is 58.5 Å². The fourth-order valence-corrected chi connectivity index (χ4v) is 3.37. The lowest BCUT2D eigenvalue weighted by molar-refractivity contribution is -0.130. The van der Waals surface area contributed by atoms with Crippen molar-refractivity contribution >= 4 is 17.6 Å². The van der Waals surface area contributed by atoms with Gasteiger partial charge in [0.05, 0.1) is 6.54 Å². The molecule has 2 heterocycles. The number of carbonyl (C=O) groups excluding carboxylic acids is 1. The normalized spacial score (nSPS) is 17.8. The van der Waals surface area contributed by atoms with E-state index in [1.807, 2.05) is 4.90 Å². The van der Waals surface area contributed by atoms with E-state index in [0.717, 1.165) is 51.8 Å². The topological polar surface area (TPSA) is 51.2 Å². The molecule has 0 aliphatic carbocycles. The molecule has 0 spiro atoms. The van der Waals surface area contributed by atoms with E-state index in [1.165, 1.54) is 11.3 Å². The SMILES string of the molecule is CCNC(=NCc1cccc(N2CC=CC2)c1)N1CCN(C(C)=O)CC1. The lowest BCUT2D eigenvalue weighted by Crippen LogP contribution is -2.53. The van der Waals surface area contributed by atoms with Gasteiger partial charge in [-0.1, -0.05) is 24.3 Å². The lowest BCUT2D eigenvalue weighted by atomic mass is 10.2. The summed E-state index contributed by atoms with van der Waals surface area (Å²) in [5.41, 5.74) is 2.47. The molecule has 1 amide bonds. The highest BCUT2D eigenvalue weighted by Gasteiger charge is 2.20. The molecule has 140 valence electrons. The molecule has 1 fully saturated rings. The fourth-order valence-electron chi connectivity index (χ4n) is 3.37. The van der Waals surface area contributed by atoms with Crippen LogP contribution in [-0.4, -0.2) is 67.5 Å². The van der Waals surface area contributed by atoms with Crippen molar-refractivity contribution in [2.75, 3.05) is 50.7 Å². The van der Waals surface area contributed by atoms with E-state index in [-0.39, 0.29) is 5.91 Å². The van der Waals surface area contributed by atoms with Crippen molar-refractivity contribution in [3.63, 3.8) is 0 Å². The number of anilines is 1. The molecule has 2 aliphatic rings. The maximum absolute atomic E-state index is 11.5. The van der Waals surface area contributed by atoms with E-state index >= 15 is 0 Å². The van der Waals surface area contributed by atoms with Crippen molar-refractivity contribution in [2.45, 2.75) is 20.4 Å². The Labute approximate surface area is 156 Å². The minimum absolute atomic E-state index is 0.153. The van der Waals surface area contributed by atoms with Crippen molar-refractivity contribution in [3.05, 3.63) is 42.0 Å². The maximum Gasteiger partial charge on any atom is 0.219 e. The molecule has 0 unspecified atom stereocenters. The van der Waals surface area contributed by atoms with Crippen molar-refractivity contribution in [2.24, 2.45) is 4.99 Å². The zero-order valence-electron chi connectivity index (χ0n) is 15.8. The molecule has 0 aromatic heterocycles. The first-order chi connectivity index (χ1) is 12.7. The van der Waals surface area contributed by atoms with Crippen molar-refractivity contribution in [1.82, 2.24) is 15.1 Å². The third kappa shape index (κ3) is 4.56. The monoisotopic (exact) mass is 355 g/mol. The first kappa shape index (κ1) is 18.3. The highest BCUT2D eigenvalue weighted by molar-refractivity contribution is 5.80. The molecule has 0 saturated carbocycles. The zero-order valence-corrected chi connectivity index (χ0v) is 15.8. The number of nitrogens with zero attached hydrogens (tertiary/aromatic N) is 4. The van der Waals surface area contributed by atoms with Gasteiger partial charge < -0.3 is 20.0 Å². The smallest absolute Gasteiger partial charge is 0.219 e. The van der Waals surface area contributed by atoms with Gasteiger partial charge in [-0.25, -0.2) is 4.99 Å². The summed E-state index contributed by atoms with van der Waals surface area (Å²) >= 11 is 0. The Morgan fingerprint density at radius 2 is 1.81 bits per heavy atom. The second kappa shape index (κ2) is 8.74. The Morgan fingerprint density at radius 3 is 2.46 bits per heavy atom. The minimum Gasteiger partial charge on any atom is -0.364 e. The van der Waals surface area contributed by atoms with Gasteiger partial charge in [-0.05, 0) is 24.6 Å². The molecular formula is C20H29N5O. The lowest BCUT2D eigenvalue weighted by Gasteiger charge is -2.36. The van der Waals surface area contributed by atoms with E-state index in [0.29, 0.717) is 6.54 Å². The Morgan fingerprint density at radius 1 is 1.12 bits per heavy atom. The maximum atomic E-state index is 11.5. The molecule has 3 rings (SSSR count). The van der Waals surface area contributed by atoms with Gasteiger partial charge in [-0.2, -0.15) is 0 Å². The predicted octanol–water partition coefficient (Wildman–Crippen LogP) is 1.69. The number of benzene rings is 1. The van der Waals surface area contributed by atoms with Crippen LogP contribution in [0.25, 0.3) is 0 Å². The summed E-state index contributed by atoms with van der Waals surface area (Å²) in [6.45, 7) is 10.4. The van der Waals surface area contributed by atoms with Crippen LogP contribution >= 0.6 is 0 Å². The van der Waals surface area contributed by atoms with Crippen LogP contribution in [0.1, 0.15) is 19.4 Å². The summed E-state index contributed by atoms with van der Waals surface area (Å²) in [6.07, 6.45) is 4.41. The van der Waals surface area contributed by atoms with Gasteiger partial charge in [0.15, 0.2) is 5.96 Å². The molecule has 0 atom stereocenters. The van der Waals surface area contributed by atoms with E-state index in [4.69, 9.17) is 4.99 Å². The van der Waals surface area contributed by atoms with Gasteiger partial charge in [-0.15, -0.1) is 0 Å². The van der Waals surface area contributed by atoms with Gasteiger partial charge in [-0.3, -0.25) is 4.79 Å². The quantitative estimate of drug-likeness (QED) is 0.507. The number of rotatable bonds is 4. The molecule has 2 aliphatic heterocycles. The second-order valence-corrected chi connectivity index (χ2v) is 6.71. The highest BCUT2D eigenvalue weighted by atomic mass is 16.2. The van der Waals surface area contributed by atoms with Crippen LogP contribution in [-0.2, 0) is 11.3 Å². The summed E-state index contributed by atoms with van der Waals surface area (Å²) < 4.78 is 0. The molecule has 1 aromatic carbocycles. The van der Waals surface area contributed by atoms with Crippen LogP contribution in [0.2, 0.25) is 0 Å². The van der Waals surface area contributed by atoms with Crippen LogP contribution in [0, 0.1) is 0 Å². The molecule has 1 N–H and O–H groups in total. The predicted molar refractivity (Wildman–Crippen MR) is 106 cm³/mol. The number of piperazine rings is 1. The molecule has 0 radical (unpaired) electrons. The van der Waals surface area contributed by atoms with Gasteiger partial charge in [0.25, 0.3) is 0 Å². The summed E-state index contributed by atoms with van der Waals surface area (Å²) in [5, 5.41) is 3.39. The molecule has 6 heteroatoms. The zero-order chi connectivity index (χ0) is 18.4. The largest absolute Gasteiger partial charge is 0.364 e. The van der Waals surface area contributed by atoms with Gasteiger partial charge in [0.2, 0.25) is 5.91 Å². The molecule has 1 aromatic rings. The Bertz CT molecular complexity index is 669. The van der Waals surface area contributed by atoms with Crippen LogP contribution < -0.4 is 10.2 Å². The Balaban J connectivity index is 1.64. The minimum atomic E-state index is 0.153. The van der Waals surface area contributed by atoms with Crippen molar-refractivity contribution in [3.8, 4) is 0 Å². The standard InChI is InChI=1S/C20H29N5O/c1-3-21-20(25-13-11-23(12-14-25)17(2)26)22-16-18-7-6-8-19(15-18)24-9-4-5-10-24/h4-8,15H,3,9-14,16H2,1-2H3,(H,21,22). The summed E-state index contributed by atoms with van der Waals surface area (Å²) in [5.74, 6) is 1.09. The molecule has 0 bridgehead atoms. The number of hydrogen-bond acceptors (Lipinski definition) is 3.